The van der Waals surface area contributed by atoms with Crippen molar-refractivity contribution in [2.75, 3.05) is 13.7 Å². The van der Waals surface area contributed by atoms with Crippen molar-refractivity contribution in [1.29, 1.82) is 0 Å². The first-order valence-corrected chi connectivity index (χ1v) is 12.9. The minimum Gasteiger partial charge on any atom is -0.453 e. The van der Waals surface area contributed by atoms with E-state index in [-0.39, 0.29) is 36.2 Å². The summed E-state index contributed by atoms with van der Waals surface area (Å²) in [7, 11) is 0.940. The Morgan fingerprint density at radius 1 is 1.08 bits per heavy atom. The number of hydrogen-bond donors (Lipinski definition) is 1. The first kappa shape index (κ1) is 26.5. The summed E-state index contributed by atoms with van der Waals surface area (Å²) in [5.74, 6) is -0.0781. The van der Waals surface area contributed by atoms with E-state index in [9.17, 15) is 9.59 Å². The Labute approximate surface area is 215 Å². The van der Waals surface area contributed by atoms with Crippen molar-refractivity contribution in [2.45, 2.75) is 84.1 Å². The largest absolute Gasteiger partial charge is 0.494 e. The van der Waals surface area contributed by atoms with Crippen molar-refractivity contribution < 1.29 is 23.6 Å². The Kier molecular flexibility index (Phi) is 7.40. The molecule has 2 heterocycles. The van der Waals surface area contributed by atoms with Crippen LogP contribution in [0.5, 0.6) is 0 Å². The highest BCUT2D eigenvalue weighted by molar-refractivity contribution is 6.62. The quantitative estimate of drug-likeness (QED) is 0.604. The summed E-state index contributed by atoms with van der Waals surface area (Å²) in [5.41, 5.74) is 3.91. The van der Waals surface area contributed by atoms with Crippen LogP contribution in [0, 0.1) is 5.92 Å². The number of methoxy groups -OCH3 is 1. The van der Waals surface area contributed by atoms with Gasteiger partial charge in [0.15, 0.2) is 0 Å². The zero-order valence-corrected chi connectivity index (χ0v) is 22.6. The fourth-order valence-corrected chi connectivity index (χ4v) is 5.10. The summed E-state index contributed by atoms with van der Waals surface area (Å²) in [4.78, 5) is 27.2. The molecule has 1 aromatic rings. The van der Waals surface area contributed by atoms with Crippen LogP contribution < -0.4 is 10.8 Å². The van der Waals surface area contributed by atoms with E-state index in [1.165, 1.54) is 18.3 Å². The number of alkyl carbamates (subject to hydrolysis) is 1. The monoisotopic (exact) mass is 494 g/mol. The molecule has 0 unspecified atom stereocenters. The lowest BCUT2D eigenvalue weighted by molar-refractivity contribution is -0.134. The number of benzene rings is 1. The summed E-state index contributed by atoms with van der Waals surface area (Å²) in [6, 6.07) is 7.84. The molecule has 1 N–H and O–H groups in total. The van der Waals surface area contributed by atoms with Crippen LogP contribution in [0.25, 0.3) is 5.57 Å². The van der Waals surface area contributed by atoms with Crippen LogP contribution in [0.15, 0.2) is 42.0 Å². The third kappa shape index (κ3) is 5.11. The molecule has 2 amide bonds. The van der Waals surface area contributed by atoms with Crippen LogP contribution in [0.4, 0.5) is 4.79 Å². The van der Waals surface area contributed by atoms with Gasteiger partial charge in [0, 0.05) is 6.54 Å². The van der Waals surface area contributed by atoms with Gasteiger partial charge in [-0.2, -0.15) is 0 Å². The van der Waals surface area contributed by atoms with Crippen molar-refractivity contribution in [3.8, 4) is 0 Å². The van der Waals surface area contributed by atoms with Gasteiger partial charge in [-0.25, -0.2) is 4.79 Å². The second-order valence-electron chi connectivity index (χ2n) is 11.4. The first-order chi connectivity index (χ1) is 16.9. The van der Waals surface area contributed by atoms with Crippen molar-refractivity contribution >= 4 is 30.2 Å². The molecular weight excluding hydrogens is 455 g/mol. The Morgan fingerprint density at radius 3 is 2.31 bits per heavy atom. The molecule has 4 rings (SSSR count). The lowest BCUT2D eigenvalue weighted by Crippen LogP contribution is -2.52. The number of allylic oxidation sites excluding steroid dienone is 3. The molecule has 2 saturated heterocycles. The number of rotatable bonds is 6. The predicted molar refractivity (Wildman–Crippen MR) is 142 cm³/mol. The smallest absolute Gasteiger partial charge is 0.453 e. The molecule has 2 atom stereocenters. The SMILES string of the molecule is COC(=O)N[C@H](C(=O)N1CCC[C@H]1C1=CC=C(c2ccc(B3OC(C)(C)C(C)(C)O3)cc2)C1)C(C)C. The van der Waals surface area contributed by atoms with Crippen LogP contribution >= 0.6 is 0 Å². The Hall–Kier alpha value is -2.58. The number of amides is 2. The molecule has 194 valence electrons. The molecule has 0 bridgehead atoms. The van der Waals surface area contributed by atoms with Gasteiger partial charge in [0.25, 0.3) is 0 Å². The van der Waals surface area contributed by atoms with Crippen LogP contribution in [0.1, 0.15) is 66.4 Å². The van der Waals surface area contributed by atoms with Crippen molar-refractivity contribution in [3.05, 3.63) is 47.6 Å². The molecule has 1 aliphatic carbocycles. The Morgan fingerprint density at radius 2 is 1.72 bits per heavy atom. The lowest BCUT2D eigenvalue weighted by Gasteiger charge is -2.32. The van der Waals surface area contributed by atoms with E-state index in [2.05, 4.69) is 69.4 Å². The van der Waals surface area contributed by atoms with E-state index in [1.54, 1.807) is 0 Å². The summed E-state index contributed by atoms with van der Waals surface area (Å²) in [5, 5.41) is 2.72. The Balaban J connectivity index is 1.41. The molecule has 0 radical (unpaired) electrons. The van der Waals surface area contributed by atoms with E-state index in [0.717, 1.165) is 30.3 Å². The summed E-state index contributed by atoms with van der Waals surface area (Å²) < 4.78 is 17.1. The molecule has 1 aromatic carbocycles. The Bertz CT molecular complexity index is 1040. The van der Waals surface area contributed by atoms with E-state index in [0.29, 0.717) is 6.54 Å². The number of ether oxygens (including phenoxy) is 1. The average Bonchev–Trinajstić information content (AvgIpc) is 3.54. The number of nitrogens with one attached hydrogen (secondary N) is 1. The minimum absolute atomic E-state index is 0.0356. The highest BCUT2D eigenvalue weighted by Gasteiger charge is 2.51. The van der Waals surface area contributed by atoms with Gasteiger partial charge in [0.2, 0.25) is 5.91 Å². The number of carbonyl (C=O) groups is 2. The van der Waals surface area contributed by atoms with Crippen molar-refractivity contribution in [1.82, 2.24) is 10.2 Å². The van der Waals surface area contributed by atoms with Gasteiger partial charge in [0.05, 0.1) is 24.4 Å². The van der Waals surface area contributed by atoms with Gasteiger partial charge in [-0.1, -0.05) is 50.3 Å². The molecule has 0 spiro atoms. The van der Waals surface area contributed by atoms with Gasteiger partial charge in [-0.15, -0.1) is 0 Å². The molecule has 2 aliphatic heterocycles. The van der Waals surface area contributed by atoms with Crippen LogP contribution in [-0.4, -0.2) is 61.0 Å². The molecule has 8 heteroatoms. The topological polar surface area (TPSA) is 77.1 Å². The molecule has 2 fully saturated rings. The third-order valence-corrected chi connectivity index (χ3v) is 8.06. The van der Waals surface area contributed by atoms with Crippen molar-refractivity contribution in [2.24, 2.45) is 5.92 Å². The second kappa shape index (κ2) is 10.1. The number of hydrogen-bond acceptors (Lipinski definition) is 5. The maximum absolute atomic E-state index is 13.4. The normalized spacial score (nSPS) is 23.5. The number of carbonyl (C=O) groups excluding carboxylic acids is 2. The molecule has 36 heavy (non-hydrogen) atoms. The zero-order chi connectivity index (χ0) is 26.3. The fraction of sp³-hybridized carbons (Fsp3) is 0.571. The molecule has 3 aliphatic rings. The van der Waals surface area contributed by atoms with Gasteiger partial charge in [-0.05, 0) is 75.0 Å². The number of nitrogens with zero attached hydrogens (tertiary/aromatic N) is 1. The van der Waals surface area contributed by atoms with Gasteiger partial charge >= 0.3 is 13.2 Å². The van der Waals surface area contributed by atoms with Crippen LogP contribution in [-0.2, 0) is 18.8 Å². The minimum atomic E-state index is -0.602. The van der Waals surface area contributed by atoms with Crippen LogP contribution in [0.3, 0.4) is 0 Å². The van der Waals surface area contributed by atoms with Gasteiger partial charge < -0.3 is 24.3 Å². The van der Waals surface area contributed by atoms with Gasteiger partial charge in [0.1, 0.15) is 6.04 Å². The van der Waals surface area contributed by atoms with E-state index >= 15 is 0 Å². The van der Waals surface area contributed by atoms with Crippen molar-refractivity contribution in [3.63, 3.8) is 0 Å². The zero-order valence-electron chi connectivity index (χ0n) is 22.6. The standard InChI is InChI=1S/C28H39BN2O5/c1-18(2)24(30-26(33)34-7)25(32)31-16-8-9-23(31)21-11-10-20(17-21)19-12-14-22(15-13-19)29-35-27(3,4)28(5,6)36-29/h10-15,18,23-24H,8-9,16-17H2,1-7H3,(H,30,33)/t23-,24-/m0/s1. The summed E-state index contributed by atoms with van der Waals surface area (Å²) in [6.45, 7) is 12.8. The maximum atomic E-state index is 13.4. The van der Waals surface area contributed by atoms with E-state index in [4.69, 9.17) is 14.0 Å². The second-order valence-corrected chi connectivity index (χ2v) is 11.4. The van der Waals surface area contributed by atoms with Crippen LogP contribution in [0.2, 0.25) is 0 Å². The average molecular weight is 494 g/mol. The van der Waals surface area contributed by atoms with E-state index in [1.807, 2.05) is 18.7 Å². The molecular formula is C28H39BN2O5. The molecule has 7 nitrogen and oxygen atoms in total. The fourth-order valence-electron chi connectivity index (χ4n) is 5.10. The highest BCUT2D eigenvalue weighted by Crippen LogP contribution is 2.38. The predicted octanol–water partition coefficient (Wildman–Crippen LogP) is 4.07. The number of likely N-dealkylation sites (tertiary alicyclic amines) is 1. The summed E-state index contributed by atoms with van der Waals surface area (Å²) in [6.07, 6.45) is 6.43. The molecule has 0 saturated carbocycles. The third-order valence-electron chi connectivity index (χ3n) is 8.06. The molecule has 0 aromatic heterocycles. The summed E-state index contributed by atoms with van der Waals surface area (Å²) >= 11 is 0. The van der Waals surface area contributed by atoms with E-state index < -0.39 is 12.1 Å². The maximum Gasteiger partial charge on any atom is 0.494 e. The first-order valence-electron chi connectivity index (χ1n) is 12.9. The van der Waals surface area contributed by atoms with Gasteiger partial charge in [-0.3, -0.25) is 4.79 Å². The highest BCUT2D eigenvalue weighted by atomic mass is 16.7. The lowest BCUT2D eigenvalue weighted by atomic mass is 9.78.